The number of ether oxygens (including phenoxy) is 1. The molecule has 164 valence electrons. The van der Waals surface area contributed by atoms with E-state index in [0.717, 1.165) is 44.3 Å². The van der Waals surface area contributed by atoms with Gasteiger partial charge < -0.3 is 15.4 Å². The molecule has 0 aliphatic heterocycles. The minimum atomic E-state index is -0.275. The highest BCUT2D eigenvalue weighted by atomic mass is 19.1. The fourth-order valence-corrected chi connectivity index (χ4v) is 4.85. The van der Waals surface area contributed by atoms with Gasteiger partial charge in [0.1, 0.15) is 12.4 Å². The number of hydrogen-bond donors (Lipinski definition) is 2. The van der Waals surface area contributed by atoms with Crippen molar-refractivity contribution in [2.24, 2.45) is 5.41 Å². The van der Waals surface area contributed by atoms with Gasteiger partial charge in [-0.25, -0.2) is 4.39 Å². The van der Waals surface area contributed by atoms with Crippen LogP contribution in [0.4, 0.5) is 4.39 Å². The second-order valence-corrected chi connectivity index (χ2v) is 8.67. The summed E-state index contributed by atoms with van der Waals surface area (Å²) in [6.07, 6.45) is 7.24. The Balaban J connectivity index is 1.57. The zero-order valence-electron chi connectivity index (χ0n) is 18.1. The van der Waals surface area contributed by atoms with Crippen molar-refractivity contribution in [3.63, 3.8) is 0 Å². The Labute approximate surface area is 178 Å². The summed E-state index contributed by atoms with van der Waals surface area (Å²) in [4.78, 5) is 24.2. The minimum absolute atomic E-state index is 0.0573. The van der Waals surface area contributed by atoms with E-state index in [9.17, 15) is 14.0 Å². The van der Waals surface area contributed by atoms with Gasteiger partial charge in [-0.3, -0.25) is 9.59 Å². The van der Waals surface area contributed by atoms with Gasteiger partial charge in [0.05, 0.1) is 6.33 Å². The van der Waals surface area contributed by atoms with Gasteiger partial charge in [0.25, 0.3) is 0 Å². The minimum Gasteiger partial charge on any atom is -0.489 e. The summed E-state index contributed by atoms with van der Waals surface area (Å²) in [7, 11) is 1.60. The molecule has 0 atom stereocenters. The fraction of sp³-hybridized carbons (Fsp3) is 0.583. The molecule has 0 spiro atoms. The van der Waals surface area contributed by atoms with Gasteiger partial charge in [-0.2, -0.15) is 0 Å². The zero-order valence-corrected chi connectivity index (χ0v) is 18.1. The van der Waals surface area contributed by atoms with Crippen LogP contribution in [0.3, 0.4) is 0 Å². The van der Waals surface area contributed by atoms with Crippen molar-refractivity contribution in [1.82, 2.24) is 10.6 Å². The third kappa shape index (κ3) is 4.68. The SMILES string of the molecule is CC/C(=C\F)COc1ccc(C23CCC(C(=O)NCCC(=O)NC)(CC2)CC3)cc1. The topological polar surface area (TPSA) is 67.4 Å². The zero-order chi connectivity index (χ0) is 21.6. The fourth-order valence-electron chi connectivity index (χ4n) is 4.85. The normalized spacial score (nSPS) is 25.6. The average molecular weight is 417 g/mol. The Morgan fingerprint density at radius 1 is 1.10 bits per heavy atom. The Kier molecular flexibility index (Phi) is 7.16. The first-order chi connectivity index (χ1) is 14.5. The molecular weight excluding hydrogens is 383 g/mol. The molecule has 2 amide bonds. The summed E-state index contributed by atoms with van der Waals surface area (Å²) in [5.74, 6) is 0.800. The lowest BCUT2D eigenvalue weighted by Crippen LogP contribution is -2.52. The standard InChI is InChI=1S/C24H33FN2O3/c1-3-18(16-25)17-30-20-6-4-19(5-7-20)23-9-12-24(13-10-23,14-11-23)22(29)27-15-8-21(28)26-2/h4-7,16H,3,8-15,17H2,1-2H3,(H,26,28)(H,27,29)/b18-16+. The van der Waals surface area contributed by atoms with Gasteiger partial charge in [-0.05, 0) is 73.6 Å². The molecule has 0 unspecified atom stereocenters. The number of nitrogens with one attached hydrogen (secondary N) is 2. The quantitative estimate of drug-likeness (QED) is 0.635. The van der Waals surface area contributed by atoms with Crippen LogP contribution >= 0.6 is 0 Å². The van der Waals surface area contributed by atoms with Crippen LogP contribution in [0, 0.1) is 5.41 Å². The second kappa shape index (κ2) is 9.63. The monoisotopic (exact) mass is 416 g/mol. The number of fused-ring (bicyclic) bond motifs is 3. The highest BCUT2D eigenvalue weighted by Gasteiger charge is 2.52. The summed E-state index contributed by atoms with van der Waals surface area (Å²) >= 11 is 0. The van der Waals surface area contributed by atoms with Gasteiger partial charge >= 0.3 is 0 Å². The lowest BCUT2D eigenvalue weighted by Gasteiger charge is -2.52. The molecule has 0 radical (unpaired) electrons. The third-order valence-electron chi connectivity index (χ3n) is 7.14. The lowest BCUT2D eigenvalue weighted by atomic mass is 9.51. The van der Waals surface area contributed by atoms with Crippen LogP contribution < -0.4 is 15.4 Å². The Hall–Kier alpha value is -2.37. The molecule has 0 heterocycles. The maximum Gasteiger partial charge on any atom is 0.226 e. The van der Waals surface area contributed by atoms with Crippen LogP contribution in [0.2, 0.25) is 0 Å². The number of carbonyl (C=O) groups excluding carboxylic acids is 2. The van der Waals surface area contributed by atoms with E-state index in [1.807, 2.05) is 19.1 Å². The largest absolute Gasteiger partial charge is 0.489 e. The number of amides is 2. The molecule has 1 aromatic carbocycles. The Morgan fingerprint density at radius 3 is 2.27 bits per heavy atom. The second-order valence-electron chi connectivity index (χ2n) is 8.67. The first kappa shape index (κ1) is 22.3. The molecule has 5 nitrogen and oxygen atoms in total. The molecule has 6 heteroatoms. The summed E-state index contributed by atoms with van der Waals surface area (Å²) in [6.45, 7) is 2.57. The van der Waals surface area contributed by atoms with E-state index in [4.69, 9.17) is 4.74 Å². The maximum absolute atomic E-state index is 12.8. The number of rotatable bonds is 9. The maximum atomic E-state index is 12.8. The van der Waals surface area contributed by atoms with Crippen LogP contribution in [0.5, 0.6) is 5.75 Å². The van der Waals surface area contributed by atoms with E-state index in [0.29, 0.717) is 31.3 Å². The smallest absolute Gasteiger partial charge is 0.226 e. The predicted molar refractivity (Wildman–Crippen MR) is 115 cm³/mol. The van der Waals surface area contributed by atoms with Crippen LogP contribution in [0.15, 0.2) is 36.2 Å². The molecule has 3 aliphatic carbocycles. The molecule has 2 N–H and O–H groups in total. The first-order valence-electron chi connectivity index (χ1n) is 11.0. The first-order valence-corrected chi connectivity index (χ1v) is 11.0. The van der Waals surface area contributed by atoms with Crippen molar-refractivity contribution < 1.29 is 18.7 Å². The van der Waals surface area contributed by atoms with Crippen LogP contribution in [0.1, 0.15) is 63.9 Å². The number of halogens is 1. The number of hydrogen-bond acceptors (Lipinski definition) is 3. The molecule has 4 rings (SSSR count). The van der Waals surface area contributed by atoms with Gasteiger partial charge in [-0.1, -0.05) is 19.1 Å². The van der Waals surface area contributed by atoms with Crippen molar-refractivity contribution in [1.29, 1.82) is 0 Å². The van der Waals surface area contributed by atoms with Crippen molar-refractivity contribution >= 4 is 11.8 Å². The molecule has 0 saturated heterocycles. The van der Waals surface area contributed by atoms with Crippen molar-refractivity contribution in [3.8, 4) is 5.75 Å². The lowest BCUT2D eigenvalue weighted by molar-refractivity contribution is -0.137. The van der Waals surface area contributed by atoms with Crippen LogP contribution in [-0.4, -0.2) is 32.0 Å². The van der Waals surface area contributed by atoms with Crippen molar-refractivity contribution in [2.75, 3.05) is 20.2 Å². The molecule has 30 heavy (non-hydrogen) atoms. The molecule has 0 aromatic heterocycles. The highest BCUT2D eigenvalue weighted by molar-refractivity contribution is 5.84. The number of carbonyl (C=O) groups is 2. The van der Waals surface area contributed by atoms with E-state index in [2.05, 4.69) is 22.8 Å². The molecule has 3 aliphatic rings. The van der Waals surface area contributed by atoms with Crippen molar-refractivity contribution in [2.45, 2.75) is 63.7 Å². The van der Waals surface area contributed by atoms with Gasteiger partial charge in [0, 0.05) is 25.4 Å². The van der Waals surface area contributed by atoms with Crippen LogP contribution in [0.25, 0.3) is 0 Å². The summed E-state index contributed by atoms with van der Waals surface area (Å²) in [5, 5.41) is 5.56. The predicted octanol–water partition coefficient (Wildman–Crippen LogP) is 4.17. The Morgan fingerprint density at radius 2 is 1.73 bits per heavy atom. The molecule has 3 saturated carbocycles. The van der Waals surface area contributed by atoms with Crippen LogP contribution in [-0.2, 0) is 15.0 Å². The van der Waals surface area contributed by atoms with E-state index >= 15 is 0 Å². The molecule has 3 fully saturated rings. The molecule has 2 bridgehead atoms. The highest BCUT2D eigenvalue weighted by Crippen LogP contribution is 2.57. The van der Waals surface area contributed by atoms with E-state index < -0.39 is 0 Å². The van der Waals surface area contributed by atoms with E-state index in [-0.39, 0.29) is 29.3 Å². The molecular formula is C24H33FN2O3. The summed E-state index contributed by atoms with van der Waals surface area (Å²) in [5.41, 5.74) is 1.81. The van der Waals surface area contributed by atoms with Gasteiger partial charge in [0.15, 0.2) is 0 Å². The van der Waals surface area contributed by atoms with Gasteiger partial charge in [-0.15, -0.1) is 0 Å². The summed E-state index contributed by atoms with van der Waals surface area (Å²) in [6, 6.07) is 8.19. The van der Waals surface area contributed by atoms with E-state index in [1.165, 1.54) is 5.56 Å². The number of benzene rings is 1. The van der Waals surface area contributed by atoms with Crippen molar-refractivity contribution in [3.05, 3.63) is 41.7 Å². The third-order valence-corrected chi connectivity index (χ3v) is 7.14. The average Bonchev–Trinajstić information content (AvgIpc) is 2.81. The summed E-state index contributed by atoms with van der Waals surface area (Å²) < 4.78 is 18.4. The van der Waals surface area contributed by atoms with E-state index in [1.54, 1.807) is 7.05 Å². The molecule has 1 aromatic rings. The van der Waals surface area contributed by atoms with Gasteiger partial charge in [0.2, 0.25) is 11.8 Å². The Bertz CT molecular complexity index is 764.